The summed E-state index contributed by atoms with van der Waals surface area (Å²) < 4.78 is 18.4. The van der Waals surface area contributed by atoms with Gasteiger partial charge in [0.15, 0.2) is 0 Å². The molecule has 0 spiro atoms. The zero-order valence-corrected chi connectivity index (χ0v) is 15.8. The highest BCUT2D eigenvalue weighted by Gasteiger charge is 2.12. The minimum absolute atomic E-state index is 0.293. The maximum Gasteiger partial charge on any atom is 0.339 e. The van der Waals surface area contributed by atoms with Crippen LogP contribution in [-0.2, 0) is 11.2 Å². The number of nitrogens with one attached hydrogen (secondary N) is 2. The lowest BCUT2D eigenvalue weighted by molar-refractivity contribution is 0.0601. The smallest absolute Gasteiger partial charge is 0.339 e. The van der Waals surface area contributed by atoms with Crippen LogP contribution in [0, 0.1) is 5.82 Å². The van der Waals surface area contributed by atoms with Crippen molar-refractivity contribution in [1.29, 1.82) is 0 Å². The van der Waals surface area contributed by atoms with E-state index < -0.39 is 5.97 Å². The SMILES string of the molecule is COC(=O)c1ccccc1Nc1cncc(C(=O)NCCc2ccccc2F)c1. The summed E-state index contributed by atoms with van der Waals surface area (Å²) in [5.74, 6) is -1.08. The molecule has 3 rings (SSSR count). The molecule has 0 unspecified atom stereocenters. The zero-order valence-electron chi connectivity index (χ0n) is 15.8. The van der Waals surface area contributed by atoms with Crippen LogP contribution in [0.1, 0.15) is 26.3 Å². The van der Waals surface area contributed by atoms with Crippen molar-refractivity contribution >= 4 is 23.3 Å². The van der Waals surface area contributed by atoms with Gasteiger partial charge in [0.05, 0.1) is 35.8 Å². The number of rotatable bonds is 7. The van der Waals surface area contributed by atoms with Crippen molar-refractivity contribution in [3.8, 4) is 0 Å². The monoisotopic (exact) mass is 393 g/mol. The van der Waals surface area contributed by atoms with E-state index in [-0.39, 0.29) is 11.7 Å². The van der Waals surface area contributed by atoms with E-state index >= 15 is 0 Å². The predicted octanol–water partition coefficient (Wildman–Crippen LogP) is 3.72. The highest BCUT2D eigenvalue weighted by atomic mass is 19.1. The lowest BCUT2D eigenvalue weighted by atomic mass is 10.1. The number of pyridine rings is 1. The number of ether oxygens (including phenoxy) is 1. The summed E-state index contributed by atoms with van der Waals surface area (Å²) in [5, 5.41) is 5.84. The number of amides is 1. The van der Waals surface area contributed by atoms with E-state index in [9.17, 15) is 14.0 Å². The van der Waals surface area contributed by atoms with Crippen LogP contribution in [0.25, 0.3) is 0 Å². The Hall–Kier alpha value is -3.74. The quantitative estimate of drug-likeness (QED) is 0.598. The van der Waals surface area contributed by atoms with E-state index in [4.69, 9.17) is 4.74 Å². The number of hydrogen-bond donors (Lipinski definition) is 2. The van der Waals surface area contributed by atoms with Crippen molar-refractivity contribution in [2.75, 3.05) is 19.0 Å². The summed E-state index contributed by atoms with van der Waals surface area (Å²) >= 11 is 0. The summed E-state index contributed by atoms with van der Waals surface area (Å²) in [7, 11) is 1.31. The predicted molar refractivity (Wildman–Crippen MR) is 108 cm³/mol. The molecule has 7 heteroatoms. The third kappa shape index (κ3) is 5.16. The molecule has 0 aliphatic rings. The Kier molecular flexibility index (Phi) is 6.52. The van der Waals surface area contributed by atoms with E-state index in [1.54, 1.807) is 54.7 Å². The van der Waals surface area contributed by atoms with Gasteiger partial charge in [-0.3, -0.25) is 9.78 Å². The maximum atomic E-state index is 13.6. The van der Waals surface area contributed by atoms with Gasteiger partial charge in [0, 0.05) is 12.7 Å². The van der Waals surface area contributed by atoms with E-state index in [2.05, 4.69) is 15.6 Å². The van der Waals surface area contributed by atoms with Gasteiger partial charge in [-0.15, -0.1) is 0 Å². The summed E-state index contributed by atoms with van der Waals surface area (Å²) in [6.07, 6.45) is 3.37. The topological polar surface area (TPSA) is 80.3 Å². The molecule has 29 heavy (non-hydrogen) atoms. The number of aromatic nitrogens is 1. The Morgan fingerprint density at radius 1 is 1.07 bits per heavy atom. The minimum atomic E-state index is -0.469. The summed E-state index contributed by atoms with van der Waals surface area (Å²) in [6, 6.07) is 15.0. The van der Waals surface area contributed by atoms with E-state index in [0.29, 0.717) is 41.0 Å². The first kappa shape index (κ1) is 20.0. The van der Waals surface area contributed by atoms with Crippen LogP contribution in [-0.4, -0.2) is 30.5 Å². The first-order chi connectivity index (χ1) is 14.1. The molecular weight excluding hydrogens is 373 g/mol. The fraction of sp³-hybridized carbons (Fsp3) is 0.136. The van der Waals surface area contributed by atoms with Gasteiger partial charge in [-0.2, -0.15) is 0 Å². The second kappa shape index (κ2) is 9.45. The average Bonchev–Trinajstić information content (AvgIpc) is 2.75. The molecule has 2 aromatic carbocycles. The molecule has 148 valence electrons. The van der Waals surface area contributed by atoms with Gasteiger partial charge >= 0.3 is 5.97 Å². The first-order valence-electron chi connectivity index (χ1n) is 8.99. The van der Waals surface area contributed by atoms with Gasteiger partial charge in [0.1, 0.15) is 5.82 Å². The van der Waals surface area contributed by atoms with Crippen LogP contribution >= 0.6 is 0 Å². The fourth-order valence-electron chi connectivity index (χ4n) is 2.78. The van der Waals surface area contributed by atoms with E-state index in [1.807, 2.05) is 0 Å². The standard InChI is InChI=1S/C22H20FN3O3/c1-29-22(28)18-7-3-5-9-20(18)26-17-12-16(13-24-14-17)21(27)25-11-10-15-6-2-4-8-19(15)23/h2-9,12-14,26H,10-11H2,1H3,(H,25,27). The van der Waals surface area contributed by atoms with Gasteiger partial charge in [-0.05, 0) is 36.2 Å². The fourth-order valence-corrected chi connectivity index (χ4v) is 2.78. The highest BCUT2D eigenvalue weighted by molar-refractivity contribution is 5.97. The van der Waals surface area contributed by atoms with Gasteiger partial charge < -0.3 is 15.4 Å². The third-order valence-electron chi connectivity index (χ3n) is 4.25. The van der Waals surface area contributed by atoms with Crippen LogP contribution in [0.5, 0.6) is 0 Å². The van der Waals surface area contributed by atoms with Crippen molar-refractivity contribution in [3.63, 3.8) is 0 Å². The van der Waals surface area contributed by atoms with Crippen molar-refractivity contribution in [2.24, 2.45) is 0 Å². The first-order valence-corrected chi connectivity index (χ1v) is 8.99. The largest absolute Gasteiger partial charge is 0.465 e. The molecule has 1 heterocycles. The lowest BCUT2D eigenvalue weighted by Crippen LogP contribution is -2.26. The van der Waals surface area contributed by atoms with Crippen LogP contribution in [0.3, 0.4) is 0 Å². The number of carbonyl (C=O) groups excluding carboxylic acids is 2. The summed E-state index contributed by atoms with van der Waals surface area (Å²) in [4.78, 5) is 28.4. The Labute approximate surface area is 167 Å². The van der Waals surface area contributed by atoms with Gasteiger partial charge in [-0.1, -0.05) is 30.3 Å². The van der Waals surface area contributed by atoms with Crippen molar-refractivity contribution < 1.29 is 18.7 Å². The molecule has 1 aromatic heterocycles. The molecular formula is C22H20FN3O3. The van der Waals surface area contributed by atoms with Crippen LogP contribution in [0.2, 0.25) is 0 Å². The number of methoxy groups -OCH3 is 1. The normalized spacial score (nSPS) is 10.3. The van der Waals surface area contributed by atoms with Crippen molar-refractivity contribution in [1.82, 2.24) is 10.3 Å². The average molecular weight is 393 g/mol. The number of hydrogen-bond acceptors (Lipinski definition) is 5. The Morgan fingerprint density at radius 2 is 1.83 bits per heavy atom. The third-order valence-corrected chi connectivity index (χ3v) is 4.25. The van der Waals surface area contributed by atoms with E-state index in [0.717, 1.165) is 0 Å². The van der Waals surface area contributed by atoms with Crippen molar-refractivity contribution in [3.05, 3.63) is 89.5 Å². The molecule has 1 amide bonds. The number of nitrogens with zero attached hydrogens (tertiary/aromatic N) is 1. The molecule has 0 saturated carbocycles. The van der Waals surface area contributed by atoms with E-state index in [1.165, 1.54) is 19.4 Å². The number of halogens is 1. The highest BCUT2D eigenvalue weighted by Crippen LogP contribution is 2.21. The number of esters is 1. The van der Waals surface area contributed by atoms with Crippen LogP contribution in [0.4, 0.5) is 15.8 Å². The number of carbonyl (C=O) groups is 2. The second-order valence-corrected chi connectivity index (χ2v) is 6.22. The summed E-state index contributed by atoms with van der Waals surface area (Å²) in [6.45, 7) is 0.294. The molecule has 6 nitrogen and oxygen atoms in total. The Bertz CT molecular complexity index is 1020. The zero-order chi connectivity index (χ0) is 20.6. The molecule has 0 fully saturated rings. The molecule has 0 bridgehead atoms. The lowest BCUT2D eigenvalue weighted by Gasteiger charge is -2.11. The molecule has 0 aliphatic carbocycles. The van der Waals surface area contributed by atoms with Gasteiger partial charge in [-0.25, -0.2) is 9.18 Å². The number of anilines is 2. The Morgan fingerprint density at radius 3 is 2.62 bits per heavy atom. The van der Waals surface area contributed by atoms with Crippen LogP contribution < -0.4 is 10.6 Å². The Balaban J connectivity index is 1.66. The van der Waals surface area contributed by atoms with Crippen molar-refractivity contribution in [2.45, 2.75) is 6.42 Å². The molecule has 0 aliphatic heterocycles. The van der Waals surface area contributed by atoms with Gasteiger partial charge in [0.2, 0.25) is 0 Å². The number of benzene rings is 2. The minimum Gasteiger partial charge on any atom is -0.465 e. The molecule has 3 aromatic rings. The molecule has 0 atom stereocenters. The molecule has 0 saturated heterocycles. The maximum absolute atomic E-state index is 13.6. The molecule has 2 N–H and O–H groups in total. The van der Waals surface area contributed by atoms with Crippen LogP contribution in [0.15, 0.2) is 67.0 Å². The molecule has 0 radical (unpaired) electrons. The number of para-hydroxylation sites is 1. The van der Waals surface area contributed by atoms with Gasteiger partial charge in [0.25, 0.3) is 5.91 Å². The second-order valence-electron chi connectivity index (χ2n) is 6.22. The summed E-state index contributed by atoms with van der Waals surface area (Å²) in [5.41, 5.74) is 2.34.